The number of aryl methyl sites for hydroxylation is 2. The molecule has 0 bridgehead atoms. The number of carboxylic acid groups (broad SMARTS) is 1. The molecule has 0 amide bonds. The third kappa shape index (κ3) is 3.65. The van der Waals surface area contributed by atoms with Crippen LogP contribution in [0.4, 0.5) is 0 Å². The molecule has 6 nitrogen and oxygen atoms in total. The summed E-state index contributed by atoms with van der Waals surface area (Å²) in [5.74, 6) is 0.512. The van der Waals surface area contributed by atoms with Gasteiger partial charge < -0.3 is 19.0 Å². The van der Waals surface area contributed by atoms with Crippen LogP contribution in [0.3, 0.4) is 0 Å². The Morgan fingerprint density at radius 2 is 1.93 bits per heavy atom. The molecular formula is C21H20O6. The topological polar surface area (TPSA) is 86.0 Å². The van der Waals surface area contributed by atoms with Crippen molar-refractivity contribution in [3.8, 4) is 11.5 Å². The Morgan fingerprint density at radius 3 is 2.56 bits per heavy atom. The highest BCUT2D eigenvalue weighted by molar-refractivity contribution is 6.17. The number of furan rings is 1. The van der Waals surface area contributed by atoms with Crippen LogP contribution in [0.5, 0.6) is 11.5 Å². The Hall–Kier alpha value is -3.28. The summed E-state index contributed by atoms with van der Waals surface area (Å²) >= 11 is 0. The first-order valence-electron chi connectivity index (χ1n) is 8.54. The molecule has 0 unspecified atom stereocenters. The second-order valence-corrected chi connectivity index (χ2v) is 6.11. The van der Waals surface area contributed by atoms with Crippen LogP contribution in [0, 0.1) is 6.92 Å². The van der Waals surface area contributed by atoms with Crippen LogP contribution in [-0.2, 0) is 11.2 Å². The zero-order valence-electron chi connectivity index (χ0n) is 15.4. The second-order valence-electron chi connectivity index (χ2n) is 6.11. The minimum atomic E-state index is -1.05. The summed E-state index contributed by atoms with van der Waals surface area (Å²) in [6.45, 7) is 3.27. The first-order chi connectivity index (χ1) is 12.9. The lowest BCUT2D eigenvalue weighted by atomic mass is 9.98. The molecule has 0 aliphatic carbocycles. The van der Waals surface area contributed by atoms with E-state index in [2.05, 4.69) is 0 Å². The van der Waals surface area contributed by atoms with Gasteiger partial charge in [0.1, 0.15) is 22.8 Å². The van der Waals surface area contributed by atoms with E-state index in [1.807, 2.05) is 13.0 Å². The summed E-state index contributed by atoms with van der Waals surface area (Å²) in [6.07, 6.45) is 0.580. The van der Waals surface area contributed by atoms with Gasteiger partial charge in [0, 0.05) is 23.4 Å². The lowest BCUT2D eigenvalue weighted by molar-refractivity contribution is -0.139. The Balaban J connectivity index is 2.00. The van der Waals surface area contributed by atoms with E-state index < -0.39 is 12.6 Å². The molecule has 0 fully saturated rings. The van der Waals surface area contributed by atoms with E-state index >= 15 is 0 Å². The van der Waals surface area contributed by atoms with Gasteiger partial charge in [-0.05, 0) is 42.8 Å². The number of carbonyl (C=O) groups is 2. The summed E-state index contributed by atoms with van der Waals surface area (Å²) in [7, 11) is 1.58. The van der Waals surface area contributed by atoms with E-state index in [0.717, 1.165) is 5.39 Å². The number of methoxy groups -OCH3 is 1. The molecule has 0 atom stereocenters. The van der Waals surface area contributed by atoms with Crippen LogP contribution in [-0.4, -0.2) is 30.6 Å². The third-order valence-electron chi connectivity index (χ3n) is 4.31. The molecule has 140 valence electrons. The molecule has 2 aromatic carbocycles. The van der Waals surface area contributed by atoms with E-state index in [1.165, 1.54) is 0 Å². The fourth-order valence-corrected chi connectivity index (χ4v) is 2.99. The monoisotopic (exact) mass is 368 g/mol. The Morgan fingerprint density at radius 1 is 1.15 bits per heavy atom. The smallest absolute Gasteiger partial charge is 0.341 e. The molecule has 0 aliphatic rings. The number of aliphatic carboxylic acids is 1. The molecule has 1 heterocycles. The number of rotatable bonds is 7. The minimum absolute atomic E-state index is 0.149. The fourth-order valence-electron chi connectivity index (χ4n) is 2.99. The van der Waals surface area contributed by atoms with Gasteiger partial charge in [-0.25, -0.2) is 4.79 Å². The van der Waals surface area contributed by atoms with Gasteiger partial charge in [-0.1, -0.05) is 6.92 Å². The number of hydrogen-bond acceptors (Lipinski definition) is 5. The number of ether oxygens (including phenoxy) is 2. The number of benzene rings is 2. The maximum Gasteiger partial charge on any atom is 0.341 e. The largest absolute Gasteiger partial charge is 0.497 e. The van der Waals surface area contributed by atoms with Crippen LogP contribution in [0.1, 0.15) is 34.2 Å². The number of carboxylic acids is 1. The Kier molecular flexibility index (Phi) is 5.16. The van der Waals surface area contributed by atoms with Crippen molar-refractivity contribution in [1.29, 1.82) is 0 Å². The average molecular weight is 368 g/mol. The molecule has 0 radical (unpaired) electrons. The van der Waals surface area contributed by atoms with Crippen molar-refractivity contribution >= 4 is 22.7 Å². The first kappa shape index (κ1) is 18.5. The highest BCUT2D eigenvalue weighted by Crippen LogP contribution is 2.32. The van der Waals surface area contributed by atoms with Gasteiger partial charge in [-0.2, -0.15) is 0 Å². The van der Waals surface area contributed by atoms with Crippen LogP contribution >= 0.6 is 0 Å². The third-order valence-corrected chi connectivity index (χ3v) is 4.31. The molecule has 0 saturated carbocycles. The van der Waals surface area contributed by atoms with Gasteiger partial charge in [0.25, 0.3) is 0 Å². The molecule has 3 rings (SSSR count). The molecule has 1 aromatic heterocycles. The standard InChI is InChI=1S/C21H20O6/c1-4-16-20(15-7-6-14(25-3)10-18(15)27-16)21(24)13-5-8-17(12(2)9-13)26-11-19(22)23/h5-10H,4,11H2,1-3H3,(H,22,23). The summed E-state index contributed by atoms with van der Waals surface area (Å²) in [5, 5.41) is 9.47. The molecule has 0 aliphatic heterocycles. The fraction of sp³-hybridized carbons (Fsp3) is 0.238. The first-order valence-corrected chi connectivity index (χ1v) is 8.54. The molecular weight excluding hydrogens is 348 g/mol. The summed E-state index contributed by atoms with van der Waals surface area (Å²) in [6, 6.07) is 10.3. The Bertz CT molecular complexity index is 1010. The van der Waals surface area contributed by atoms with Crippen molar-refractivity contribution in [1.82, 2.24) is 0 Å². The second kappa shape index (κ2) is 7.53. The summed E-state index contributed by atoms with van der Waals surface area (Å²) in [4.78, 5) is 23.8. The number of carbonyl (C=O) groups excluding carboxylic acids is 1. The normalized spacial score (nSPS) is 10.8. The zero-order chi connectivity index (χ0) is 19.6. The number of hydrogen-bond donors (Lipinski definition) is 1. The van der Waals surface area contributed by atoms with Gasteiger partial charge in [0.2, 0.25) is 0 Å². The molecule has 0 spiro atoms. The summed E-state index contributed by atoms with van der Waals surface area (Å²) < 4.78 is 16.3. The van der Waals surface area contributed by atoms with Crippen molar-refractivity contribution in [3.05, 3.63) is 58.8 Å². The van der Waals surface area contributed by atoms with Crippen LogP contribution in [0.25, 0.3) is 11.0 Å². The molecule has 27 heavy (non-hydrogen) atoms. The van der Waals surface area contributed by atoms with E-state index in [0.29, 0.717) is 46.0 Å². The maximum atomic E-state index is 13.2. The number of ketones is 1. The van der Waals surface area contributed by atoms with E-state index in [1.54, 1.807) is 44.4 Å². The predicted molar refractivity (Wildman–Crippen MR) is 99.9 cm³/mol. The zero-order valence-corrected chi connectivity index (χ0v) is 15.4. The molecule has 1 N–H and O–H groups in total. The quantitative estimate of drug-likeness (QED) is 0.634. The van der Waals surface area contributed by atoms with Crippen molar-refractivity contribution in [2.75, 3.05) is 13.7 Å². The van der Waals surface area contributed by atoms with Gasteiger partial charge in [0.05, 0.1) is 12.7 Å². The van der Waals surface area contributed by atoms with E-state index in [4.69, 9.17) is 19.0 Å². The van der Waals surface area contributed by atoms with Gasteiger partial charge in [-0.3, -0.25) is 4.79 Å². The van der Waals surface area contributed by atoms with Gasteiger partial charge in [-0.15, -0.1) is 0 Å². The Labute approximate surface area is 156 Å². The SMILES string of the molecule is CCc1oc2cc(OC)ccc2c1C(=O)c1ccc(OCC(=O)O)c(C)c1. The highest BCUT2D eigenvalue weighted by atomic mass is 16.5. The molecule has 6 heteroatoms. The van der Waals surface area contributed by atoms with E-state index in [9.17, 15) is 9.59 Å². The lowest BCUT2D eigenvalue weighted by Gasteiger charge is -2.09. The lowest BCUT2D eigenvalue weighted by Crippen LogP contribution is -2.10. The average Bonchev–Trinajstić information content (AvgIpc) is 3.03. The molecule has 0 saturated heterocycles. The molecule has 3 aromatic rings. The van der Waals surface area contributed by atoms with Gasteiger partial charge in [0.15, 0.2) is 12.4 Å². The van der Waals surface area contributed by atoms with Crippen LogP contribution in [0.15, 0.2) is 40.8 Å². The van der Waals surface area contributed by atoms with Crippen molar-refractivity contribution in [2.45, 2.75) is 20.3 Å². The van der Waals surface area contributed by atoms with Crippen molar-refractivity contribution in [2.24, 2.45) is 0 Å². The van der Waals surface area contributed by atoms with E-state index in [-0.39, 0.29) is 5.78 Å². The van der Waals surface area contributed by atoms with Crippen molar-refractivity contribution < 1.29 is 28.6 Å². The highest BCUT2D eigenvalue weighted by Gasteiger charge is 2.22. The predicted octanol–water partition coefficient (Wildman–Crippen LogP) is 4.01. The van der Waals surface area contributed by atoms with Crippen molar-refractivity contribution in [3.63, 3.8) is 0 Å². The van der Waals surface area contributed by atoms with Gasteiger partial charge >= 0.3 is 5.97 Å². The van der Waals surface area contributed by atoms with Crippen LogP contribution < -0.4 is 9.47 Å². The maximum absolute atomic E-state index is 13.2. The number of fused-ring (bicyclic) bond motifs is 1. The summed E-state index contributed by atoms with van der Waals surface area (Å²) in [5.41, 5.74) is 2.32. The van der Waals surface area contributed by atoms with Crippen LogP contribution in [0.2, 0.25) is 0 Å². The minimum Gasteiger partial charge on any atom is -0.497 e.